The lowest BCUT2D eigenvalue weighted by molar-refractivity contribution is -0.872. The van der Waals surface area contributed by atoms with E-state index in [1.807, 2.05) is 32.1 Å². The average Bonchev–Trinajstić information content (AvgIpc) is 3.28. The number of aryl methyl sites for hydroxylation is 3. The highest BCUT2D eigenvalue weighted by Gasteiger charge is 2.17. The molecule has 8 nitrogen and oxygen atoms in total. The van der Waals surface area contributed by atoms with Crippen LogP contribution in [0.1, 0.15) is 42.1 Å². The summed E-state index contributed by atoms with van der Waals surface area (Å²) in [5.74, 6) is -0.364. The SMILES string of the molecule is CC/C=C(\CC(=O)OCCc1cc(C)c2c(C[NH+](C)C)cn(C)c2c1)n1c(=O)[nH]c2ccc(C)nc21. The van der Waals surface area contributed by atoms with Gasteiger partial charge in [-0.05, 0) is 49.6 Å². The van der Waals surface area contributed by atoms with Gasteiger partial charge >= 0.3 is 11.7 Å². The molecule has 0 unspecified atom stereocenters. The number of nitrogens with zero attached hydrogens (tertiary/aromatic N) is 3. The fourth-order valence-corrected chi connectivity index (χ4v) is 4.87. The Morgan fingerprint density at radius 3 is 2.72 bits per heavy atom. The molecule has 0 fully saturated rings. The fraction of sp³-hybridized carbons (Fsp3) is 0.393. The topological polar surface area (TPSA) is 86.4 Å². The van der Waals surface area contributed by atoms with Crippen molar-refractivity contribution in [3.63, 3.8) is 0 Å². The van der Waals surface area contributed by atoms with Crippen molar-refractivity contribution < 1.29 is 14.4 Å². The lowest BCUT2D eigenvalue weighted by Crippen LogP contribution is -3.04. The Bertz CT molecular complexity index is 1500. The molecule has 4 aromatic rings. The van der Waals surface area contributed by atoms with Crippen molar-refractivity contribution in [2.75, 3.05) is 20.7 Å². The normalized spacial score (nSPS) is 12.2. The quantitative estimate of drug-likeness (QED) is 0.353. The van der Waals surface area contributed by atoms with Crippen LogP contribution >= 0.6 is 0 Å². The number of esters is 1. The molecule has 0 saturated heterocycles. The number of benzene rings is 1. The third-order valence-corrected chi connectivity index (χ3v) is 6.35. The number of aromatic nitrogens is 4. The van der Waals surface area contributed by atoms with E-state index >= 15 is 0 Å². The molecule has 0 radical (unpaired) electrons. The van der Waals surface area contributed by atoms with Gasteiger partial charge < -0.3 is 19.2 Å². The molecule has 0 saturated carbocycles. The molecule has 3 heterocycles. The highest BCUT2D eigenvalue weighted by atomic mass is 16.5. The Kier molecular flexibility index (Phi) is 7.45. The summed E-state index contributed by atoms with van der Waals surface area (Å²) in [6.45, 7) is 7.23. The largest absolute Gasteiger partial charge is 0.465 e. The van der Waals surface area contributed by atoms with E-state index < -0.39 is 0 Å². The summed E-state index contributed by atoms with van der Waals surface area (Å²) in [5, 5.41) is 1.31. The van der Waals surface area contributed by atoms with E-state index in [0.717, 1.165) is 17.8 Å². The Balaban J connectivity index is 1.46. The summed E-state index contributed by atoms with van der Waals surface area (Å²) in [5.41, 5.74) is 7.14. The number of H-pyrrole nitrogens is 1. The van der Waals surface area contributed by atoms with Gasteiger partial charge in [-0.3, -0.25) is 4.79 Å². The molecule has 3 aromatic heterocycles. The van der Waals surface area contributed by atoms with Crippen LogP contribution in [0.5, 0.6) is 0 Å². The van der Waals surface area contributed by atoms with E-state index in [-0.39, 0.29) is 24.7 Å². The van der Waals surface area contributed by atoms with Crippen molar-refractivity contribution in [2.24, 2.45) is 7.05 Å². The van der Waals surface area contributed by atoms with E-state index in [1.54, 1.807) is 0 Å². The van der Waals surface area contributed by atoms with Gasteiger partial charge in [0.05, 0.1) is 32.6 Å². The number of carbonyl (C=O) groups is 1. The molecular formula is C28H36N5O3+. The van der Waals surface area contributed by atoms with Gasteiger partial charge in [-0.25, -0.2) is 14.3 Å². The molecule has 0 aliphatic carbocycles. The number of allylic oxidation sites excluding steroid dienone is 1. The molecule has 0 aliphatic rings. The van der Waals surface area contributed by atoms with Crippen LogP contribution in [0.15, 0.2) is 41.3 Å². The molecule has 0 amide bonds. The summed E-state index contributed by atoms with van der Waals surface area (Å²) >= 11 is 0. The van der Waals surface area contributed by atoms with Crippen LogP contribution in [0.25, 0.3) is 27.8 Å². The first-order valence-electron chi connectivity index (χ1n) is 12.5. The second-order valence-electron chi connectivity index (χ2n) is 9.80. The number of imidazole rings is 1. The number of aromatic amines is 1. The van der Waals surface area contributed by atoms with Crippen LogP contribution in [0.3, 0.4) is 0 Å². The summed E-state index contributed by atoms with van der Waals surface area (Å²) in [6.07, 6.45) is 5.39. The summed E-state index contributed by atoms with van der Waals surface area (Å²) in [7, 11) is 6.39. The number of carbonyl (C=O) groups excluding carboxylic acids is 1. The number of hydrogen-bond acceptors (Lipinski definition) is 4. The van der Waals surface area contributed by atoms with E-state index in [0.29, 0.717) is 29.7 Å². The Morgan fingerprint density at radius 1 is 1.22 bits per heavy atom. The van der Waals surface area contributed by atoms with Gasteiger partial charge in [-0.2, -0.15) is 0 Å². The minimum Gasteiger partial charge on any atom is -0.465 e. The molecule has 8 heteroatoms. The number of ether oxygens (including phenoxy) is 1. The third kappa shape index (κ3) is 5.28. The molecular weight excluding hydrogens is 454 g/mol. The second-order valence-corrected chi connectivity index (χ2v) is 9.80. The zero-order valence-corrected chi connectivity index (χ0v) is 22.1. The number of pyridine rings is 1. The van der Waals surface area contributed by atoms with Crippen LogP contribution in [0.2, 0.25) is 0 Å². The average molecular weight is 491 g/mol. The maximum Gasteiger partial charge on any atom is 0.332 e. The first-order chi connectivity index (χ1) is 17.2. The maximum absolute atomic E-state index is 12.8. The van der Waals surface area contributed by atoms with Crippen molar-refractivity contribution in [3.8, 4) is 0 Å². The van der Waals surface area contributed by atoms with Crippen molar-refractivity contribution >= 4 is 33.7 Å². The van der Waals surface area contributed by atoms with Crippen molar-refractivity contribution in [1.29, 1.82) is 0 Å². The van der Waals surface area contributed by atoms with E-state index in [2.05, 4.69) is 60.9 Å². The predicted molar refractivity (Wildman–Crippen MR) is 143 cm³/mol. The lowest BCUT2D eigenvalue weighted by atomic mass is 10.0. The minimum absolute atomic E-state index is 0.00240. The Hall–Kier alpha value is -3.65. The predicted octanol–water partition coefficient (Wildman–Crippen LogP) is 2.90. The summed E-state index contributed by atoms with van der Waals surface area (Å²) in [4.78, 5) is 34.1. The molecule has 0 bridgehead atoms. The van der Waals surface area contributed by atoms with E-state index in [1.165, 1.54) is 31.5 Å². The lowest BCUT2D eigenvalue weighted by Gasteiger charge is -2.11. The number of nitrogens with one attached hydrogen (secondary N) is 2. The minimum atomic E-state index is -0.364. The van der Waals surface area contributed by atoms with Crippen LogP contribution in [-0.2, 0) is 29.5 Å². The summed E-state index contributed by atoms with van der Waals surface area (Å²) < 4.78 is 9.25. The highest BCUT2D eigenvalue weighted by molar-refractivity contribution is 5.88. The monoisotopic (exact) mass is 490 g/mol. The molecule has 0 spiro atoms. The van der Waals surface area contributed by atoms with Gasteiger partial charge in [0.25, 0.3) is 0 Å². The first kappa shape index (κ1) is 25.4. The van der Waals surface area contributed by atoms with Gasteiger partial charge in [0.1, 0.15) is 6.54 Å². The van der Waals surface area contributed by atoms with Crippen molar-refractivity contribution in [1.82, 2.24) is 19.1 Å². The van der Waals surface area contributed by atoms with Crippen LogP contribution in [0, 0.1) is 13.8 Å². The van der Waals surface area contributed by atoms with Crippen molar-refractivity contribution in [3.05, 3.63) is 69.4 Å². The van der Waals surface area contributed by atoms with E-state index in [4.69, 9.17) is 4.74 Å². The molecule has 1 aromatic carbocycles. The molecule has 36 heavy (non-hydrogen) atoms. The molecule has 0 atom stereocenters. The van der Waals surface area contributed by atoms with Crippen LogP contribution in [-0.4, -0.2) is 45.8 Å². The highest BCUT2D eigenvalue weighted by Crippen LogP contribution is 2.26. The van der Waals surface area contributed by atoms with Gasteiger partial charge in [0.2, 0.25) is 0 Å². The maximum atomic E-state index is 12.8. The standard InChI is InChI=1S/C28H35N5O3/c1-7-8-22(33-27-23(30-28(33)35)10-9-19(3)29-27)15-25(34)36-12-11-20-13-18(2)26-21(16-31(4)5)17-32(6)24(26)14-20/h8-10,13-14,17H,7,11-12,15-16H2,1-6H3,(H,30,35)/p+1/b22-8+. The molecule has 2 N–H and O–H groups in total. The van der Waals surface area contributed by atoms with Gasteiger partial charge in [-0.1, -0.05) is 19.1 Å². The van der Waals surface area contributed by atoms with Gasteiger partial charge in [0.15, 0.2) is 5.65 Å². The number of quaternary nitrogens is 1. The van der Waals surface area contributed by atoms with Gasteiger partial charge in [0, 0.05) is 47.5 Å². The zero-order chi connectivity index (χ0) is 26.0. The molecule has 190 valence electrons. The molecule has 0 aliphatic heterocycles. The van der Waals surface area contributed by atoms with Crippen molar-refractivity contribution in [2.45, 2.75) is 46.6 Å². The number of rotatable bonds is 9. The fourth-order valence-electron chi connectivity index (χ4n) is 4.87. The van der Waals surface area contributed by atoms with Crippen LogP contribution < -0.4 is 10.6 Å². The first-order valence-corrected chi connectivity index (χ1v) is 12.5. The molecule has 4 rings (SSSR count). The smallest absolute Gasteiger partial charge is 0.332 e. The third-order valence-electron chi connectivity index (χ3n) is 6.35. The number of fused-ring (bicyclic) bond motifs is 2. The Morgan fingerprint density at radius 2 is 2.00 bits per heavy atom. The Labute approximate surface area is 211 Å². The second kappa shape index (κ2) is 10.5. The van der Waals surface area contributed by atoms with Gasteiger partial charge in [-0.15, -0.1) is 0 Å². The van der Waals surface area contributed by atoms with Crippen LogP contribution in [0.4, 0.5) is 0 Å². The summed E-state index contributed by atoms with van der Waals surface area (Å²) in [6, 6.07) is 8.05. The van der Waals surface area contributed by atoms with E-state index in [9.17, 15) is 9.59 Å². The number of hydrogen-bond donors (Lipinski definition) is 2. The zero-order valence-electron chi connectivity index (χ0n) is 22.1.